The molecule has 0 aliphatic heterocycles. The van der Waals surface area contributed by atoms with Gasteiger partial charge in [-0.3, -0.25) is 4.79 Å². The first kappa shape index (κ1) is 17.8. The number of hydrogen-bond acceptors (Lipinski definition) is 5. The van der Waals surface area contributed by atoms with Crippen molar-refractivity contribution in [3.8, 4) is 11.5 Å². The summed E-state index contributed by atoms with van der Waals surface area (Å²) in [5.74, 6) is 0.482. The molecule has 1 unspecified atom stereocenters. The van der Waals surface area contributed by atoms with Gasteiger partial charge in [0.05, 0.1) is 11.3 Å². The van der Waals surface area contributed by atoms with E-state index in [4.69, 9.17) is 5.26 Å². The molecule has 0 saturated heterocycles. The van der Waals surface area contributed by atoms with Gasteiger partial charge in [-0.2, -0.15) is 10.5 Å². The molecule has 0 spiro atoms. The van der Waals surface area contributed by atoms with Crippen LogP contribution in [0.1, 0.15) is 49.6 Å². The summed E-state index contributed by atoms with van der Waals surface area (Å²) >= 11 is 2.44. The first-order valence-electron chi connectivity index (χ1n) is 7.78. The van der Waals surface area contributed by atoms with Crippen LogP contribution in [-0.4, -0.2) is 11.7 Å². The van der Waals surface area contributed by atoms with Crippen LogP contribution < -0.4 is 5.32 Å². The molecule has 1 aliphatic carbocycles. The number of thioether (sulfide) groups is 1. The SMILES string of the molecule is CCC(C)(C)C1CCc2c(sc(NC(=O)CSC#N)c2C#N)C1. The average Bonchev–Trinajstić information content (AvgIpc) is 2.88. The second-order valence-electron chi connectivity index (χ2n) is 6.53. The van der Waals surface area contributed by atoms with Crippen LogP contribution in [0.4, 0.5) is 5.00 Å². The van der Waals surface area contributed by atoms with E-state index in [0.717, 1.165) is 43.0 Å². The van der Waals surface area contributed by atoms with Gasteiger partial charge in [-0.1, -0.05) is 27.2 Å². The van der Waals surface area contributed by atoms with E-state index in [1.165, 1.54) is 16.2 Å². The Balaban J connectivity index is 2.22. The van der Waals surface area contributed by atoms with Crippen molar-refractivity contribution in [2.45, 2.75) is 46.5 Å². The predicted molar refractivity (Wildman–Crippen MR) is 95.3 cm³/mol. The fourth-order valence-electron chi connectivity index (χ4n) is 3.01. The number of anilines is 1. The molecule has 0 bridgehead atoms. The predicted octanol–water partition coefficient (Wildman–Crippen LogP) is 4.31. The maximum Gasteiger partial charge on any atom is 0.236 e. The summed E-state index contributed by atoms with van der Waals surface area (Å²) in [6.45, 7) is 6.84. The number of nitrogens with zero attached hydrogens (tertiary/aromatic N) is 2. The molecule has 6 heteroatoms. The highest BCUT2D eigenvalue weighted by molar-refractivity contribution is 8.04. The highest BCUT2D eigenvalue weighted by Gasteiger charge is 2.34. The zero-order valence-electron chi connectivity index (χ0n) is 13.7. The highest BCUT2D eigenvalue weighted by Crippen LogP contribution is 2.45. The normalized spacial score (nSPS) is 17.0. The van der Waals surface area contributed by atoms with E-state index in [9.17, 15) is 10.1 Å². The van der Waals surface area contributed by atoms with E-state index in [1.807, 2.05) is 5.40 Å². The lowest BCUT2D eigenvalue weighted by Crippen LogP contribution is -2.28. The molecule has 23 heavy (non-hydrogen) atoms. The lowest BCUT2D eigenvalue weighted by atomic mass is 9.69. The number of rotatable bonds is 5. The molecule has 0 aromatic carbocycles. The van der Waals surface area contributed by atoms with Crippen LogP contribution in [-0.2, 0) is 17.6 Å². The van der Waals surface area contributed by atoms with Crippen molar-refractivity contribution in [1.29, 1.82) is 10.5 Å². The van der Waals surface area contributed by atoms with Gasteiger partial charge in [0, 0.05) is 4.88 Å². The smallest absolute Gasteiger partial charge is 0.236 e. The van der Waals surface area contributed by atoms with Crippen molar-refractivity contribution in [2.24, 2.45) is 11.3 Å². The van der Waals surface area contributed by atoms with Gasteiger partial charge in [0.2, 0.25) is 5.91 Å². The summed E-state index contributed by atoms with van der Waals surface area (Å²) in [7, 11) is 0. The number of nitriles is 2. The molecule has 4 nitrogen and oxygen atoms in total. The lowest BCUT2D eigenvalue weighted by Gasteiger charge is -2.36. The van der Waals surface area contributed by atoms with E-state index < -0.39 is 0 Å². The molecule has 1 aromatic rings. The average molecular weight is 348 g/mol. The van der Waals surface area contributed by atoms with Crippen molar-refractivity contribution in [3.63, 3.8) is 0 Å². The second-order valence-corrected chi connectivity index (χ2v) is 8.39. The van der Waals surface area contributed by atoms with E-state index in [0.29, 0.717) is 21.9 Å². The number of thiocyanates is 1. The largest absolute Gasteiger partial charge is 0.316 e. The zero-order chi connectivity index (χ0) is 17.0. The van der Waals surface area contributed by atoms with Crippen LogP contribution in [0.3, 0.4) is 0 Å². The fraction of sp³-hybridized carbons (Fsp3) is 0.588. The molecule has 1 N–H and O–H groups in total. The Morgan fingerprint density at radius 2 is 2.22 bits per heavy atom. The van der Waals surface area contributed by atoms with Gasteiger partial charge in [0.25, 0.3) is 0 Å². The molecule has 0 saturated carbocycles. The number of fused-ring (bicyclic) bond motifs is 1. The molecule has 122 valence electrons. The summed E-state index contributed by atoms with van der Waals surface area (Å²) in [4.78, 5) is 13.1. The summed E-state index contributed by atoms with van der Waals surface area (Å²) in [5.41, 5.74) is 2.03. The van der Waals surface area contributed by atoms with Crippen molar-refractivity contribution >= 4 is 34.0 Å². The van der Waals surface area contributed by atoms with Gasteiger partial charge in [-0.05, 0) is 47.9 Å². The standard InChI is InChI=1S/C17H21N3OS2/c1-4-17(2,3)11-5-6-12-13(8-18)16(23-14(12)7-11)20-15(21)9-22-10-19/h11H,4-7,9H2,1-3H3,(H,20,21). The van der Waals surface area contributed by atoms with Crippen LogP contribution in [0.15, 0.2) is 0 Å². The van der Waals surface area contributed by atoms with Gasteiger partial charge in [0.15, 0.2) is 0 Å². The number of amides is 1. The summed E-state index contributed by atoms with van der Waals surface area (Å²) in [5, 5.41) is 23.3. The van der Waals surface area contributed by atoms with Crippen molar-refractivity contribution in [2.75, 3.05) is 11.1 Å². The summed E-state index contributed by atoms with van der Waals surface area (Å²) in [6, 6.07) is 2.26. The molecule has 1 aliphatic rings. The maximum absolute atomic E-state index is 11.8. The minimum Gasteiger partial charge on any atom is -0.316 e. The van der Waals surface area contributed by atoms with Crippen LogP contribution in [0, 0.1) is 33.3 Å². The number of carbonyl (C=O) groups excluding carboxylic acids is 1. The lowest BCUT2D eigenvalue weighted by molar-refractivity contribution is -0.113. The Morgan fingerprint density at radius 3 is 2.83 bits per heavy atom. The van der Waals surface area contributed by atoms with E-state index in [2.05, 4.69) is 32.2 Å². The van der Waals surface area contributed by atoms with Crippen LogP contribution in [0.5, 0.6) is 0 Å². The molecule has 0 fully saturated rings. The fourth-order valence-corrected chi connectivity index (χ4v) is 4.57. The van der Waals surface area contributed by atoms with Gasteiger partial charge >= 0.3 is 0 Å². The Kier molecular flexibility index (Phi) is 5.73. The molecular weight excluding hydrogens is 326 g/mol. The van der Waals surface area contributed by atoms with E-state index in [-0.39, 0.29) is 11.7 Å². The van der Waals surface area contributed by atoms with E-state index >= 15 is 0 Å². The monoisotopic (exact) mass is 347 g/mol. The van der Waals surface area contributed by atoms with E-state index in [1.54, 1.807) is 0 Å². The van der Waals surface area contributed by atoms with Crippen LogP contribution >= 0.6 is 23.1 Å². The van der Waals surface area contributed by atoms with Gasteiger partial charge < -0.3 is 5.32 Å². The Labute approximate surface area is 145 Å². The molecule has 0 radical (unpaired) electrons. The third kappa shape index (κ3) is 3.88. The minimum absolute atomic E-state index is 0.0927. The third-order valence-electron chi connectivity index (χ3n) is 4.91. The first-order chi connectivity index (χ1) is 10.9. The first-order valence-corrected chi connectivity index (χ1v) is 9.58. The molecule has 1 atom stereocenters. The van der Waals surface area contributed by atoms with Gasteiger partial charge in [-0.15, -0.1) is 11.3 Å². The summed E-state index contributed by atoms with van der Waals surface area (Å²) in [6.07, 6.45) is 4.12. The molecule has 2 rings (SSSR count). The van der Waals surface area contributed by atoms with Crippen LogP contribution in [0.25, 0.3) is 0 Å². The quantitative estimate of drug-likeness (QED) is 0.805. The van der Waals surface area contributed by atoms with Crippen molar-refractivity contribution in [3.05, 3.63) is 16.0 Å². The highest BCUT2D eigenvalue weighted by atomic mass is 32.2. The summed E-state index contributed by atoms with van der Waals surface area (Å²) < 4.78 is 0. The van der Waals surface area contributed by atoms with Crippen LogP contribution in [0.2, 0.25) is 0 Å². The maximum atomic E-state index is 11.8. The number of carbonyl (C=O) groups is 1. The number of thiophene rings is 1. The molecule has 1 amide bonds. The number of nitrogens with one attached hydrogen (secondary N) is 1. The van der Waals surface area contributed by atoms with Gasteiger partial charge in [0.1, 0.15) is 16.5 Å². The Hall–Kier alpha value is -1.50. The molecular formula is C17H21N3OS2. The van der Waals surface area contributed by atoms with Gasteiger partial charge in [-0.25, -0.2) is 0 Å². The second kappa shape index (κ2) is 7.38. The minimum atomic E-state index is -0.225. The third-order valence-corrected chi connectivity index (χ3v) is 6.62. The topological polar surface area (TPSA) is 76.7 Å². The molecule has 1 heterocycles. The Morgan fingerprint density at radius 1 is 1.48 bits per heavy atom. The zero-order valence-corrected chi connectivity index (χ0v) is 15.4. The van der Waals surface area contributed by atoms with Crippen molar-refractivity contribution < 1.29 is 4.79 Å². The molecule has 1 aromatic heterocycles. The Bertz CT molecular complexity index is 679. The van der Waals surface area contributed by atoms with Crippen molar-refractivity contribution in [1.82, 2.24) is 0 Å². The number of hydrogen-bond donors (Lipinski definition) is 1.